The number of hydrogen-bond acceptors (Lipinski definition) is 4. The van der Waals surface area contributed by atoms with Crippen molar-refractivity contribution in [3.05, 3.63) is 57.1 Å². The van der Waals surface area contributed by atoms with Gasteiger partial charge in [-0.15, -0.1) is 0 Å². The highest BCUT2D eigenvalue weighted by Crippen LogP contribution is 2.30. The van der Waals surface area contributed by atoms with Crippen LogP contribution in [0.4, 0.5) is 11.4 Å². The monoisotopic (exact) mass is 513 g/mol. The van der Waals surface area contributed by atoms with Gasteiger partial charge in [-0.2, -0.15) is 0 Å². The zero-order valence-electron chi connectivity index (χ0n) is 14.5. The summed E-state index contributed by atoms with van der Waals surface area (Å²) in [5.74, 6) is -0.316. The lowest BCUT2D eigenvalue weighted by atomic mass is 10.2. The van der Waals surface area contributed by atoms with Crippen molar-refractivity contribution in [2.24, 2.45) is 4.99 Å². The Morgan fingerprint density at radius 1 is 1.33 bits per heavy atom. The van der Waals surface area contributed by atoms with Crippen molar-refractivity contribution in [1.29, 1.82) is 0 Å². The molecule has 5 nitrogen and oxygen atoms in total. The molecule has 0 spiro atoms. The maximum absolute atomic E-state index is 12.7. The lowest BCUT2D eigenvalue weighted by Gasteiger charge is -2.30. The second-order valence-electron chi connectivity index (χ2n) is 5.82. The standard InChI is InChI=1S/C19H17ClIN3O2S/c1-2-24-17(25)11-16(18(26)22-14-8-6-13(21)7-9-14)27-19(24)23-15-5-3-4-12(20)10-15/h3-10,16H,2,11H2,1H3,(H,22,26). The van der Waals surface area contributed by atoms with Crippen LogP contribution in [0.15, 0.2) is 53.5 Å². The minimum Gasteiger partial charge on any atom is -0.325 e. The van der Waals surface area contributed by atoms with Gasteiger partial charge in [-0.3, -0.25) is 14.5 Å². The second-order valence-corrected chi connectivity index (χ2v) is 8.67. The molecular formula is C19H17ClIN3O2S. The van der Waals surface area contributed by atoms with Gasteiger partial charge in [-0.05, 0) is 72.0 Å². The zero-order chi connectivity index (χ0) is 19.4. The zero-order valence-corrected chi connectivity index (χ0v) is 18.2. The molecule has 8 heteroatoms. The van der Waals surface area contributed by atoms with E-state index in [4.69, 9.17) is 11.6 Å². The summed E-state index contributed by atoms with van der Waals surface area (Å²) in [6.07, 6.45) is 0.142. The molecule has 2 aromatic carbocycles. The van der Waals surface area contributed by atoms with Gasteiger partial charge in [-0.1, -0.05) is 29.4 Å². The summed E-state index contributed by atoms with van der Waals surface area (Å²) in [6, 6.07) is 14.6. The van der Waals surface area contributed by atoms with E-state index < -0.39 is 5.25 Å². The van der Waals surface area contributed by atoms with Crippen molar-refractivity contribution in [3.63, 3.8) is 0 Å². The molecule has 1 fully saturated rings. The van der Waals surface area contributed by atoms with Crippen molar-refractivity contribution >= 4 is 74.3 Å². The molecule has 1 unspecified atom stereocenters. The Kier molecular flexibility index (Phi) is 6.78. The average Bonchev–Trinajstić information content (AvgIpc) is 2.63. The number of anilines is 1. The van der Waals surface area contributed by atoms with Gasteiger partial charge < -0.3 is 5.32 Å². The van der Waals surface area contributed by atoms with Gasteiger partial charge in [0.05, 0.1) is 5.69 Å². The van der Waals surface area contributed by atoms with Crippen LogP contribution >= 0.6 is 46.0 Å². The molecule has 3 rings (SSSR count). The normalized spacial score (nSPS) is 18.6. The van der Waals surface area contributed by atoms with Crippen molar-refractivity contribution in [1.82, 2.24) is 4.90 Å². The van der Waals surface area contributed by atoms with Gasteiger partial charge in [0.2, 0.25) is 11.8 Å². The Hall–Kier alpha value is -1.58. The molecule has 0 saturated carbocycles. The quantitative estimate of drug-likeness (QED) is 0.590. The number of benzene rings is 2. The number of aliphatic imine (C=N–C) groups is 1. The van der Waals surface area contributed by atoms with Gasteiger partial charge in [0.15, 0.2) is 5.17 Å². The number of thioether (sulfide) groups is 1. The van der Waals surface area contributed by atoms with Crippen LogP contribution < -0.4 is 5.32 Å². The second kappa shape index (κ2) is 9.07. The third kappa shape index (κ3) is 5.24. The van der Waals surface area contributed by atoms with Crippen LogP contribution in [0.25, 0.3) is 0 Å². The molecule has 140 valence electrons. The molecule has 1 N–H and O–H groups in total. The largest absolute Gasteiger partial charge is 0.325 e. The first kappa shape index (κ1) is 20.2. The van der Waals surface area contributed by atoms with E-state index in [1.54, 1.807) is 23.1 Å². The summed E-state index contributed by atoms with van der Waals surface area (Å²) in [5.41, 5.74) is 1.36. The SMILES string of the molecule is CCN1C(=O)CC(C(=O)Nc2ccc(I)cc2)SC1=Nc1cccc(Cl)c1. The maximum Gasteiger partial charge on any atom is 0.238 e. The average molecular weight is 514 g/mol. The molecule has 0 bridgehead atoms. The Balaban J connectivity index is 1.80. The number of amidine groups is 1. The minimum atomic E-state index is -0.530. The summed E-state index contributed by atoms with van der Waals surface area (Å²) >= 11 is 9.52. The van der Waals surface area contributed by atoms with E-state index >= 15 is 0 Å². The third-order valence-electron chi connectivity index (χ3n) is 3.89. The van der Waals surface area contributed by atoms with Gasteiger partial charge in [0.25, 0.3) is 0 Å². The lowest BCUT2D eigenvalue weighted by molar-refractivity contribution is -0.129. The highest BCUT2D eigenvalue weighted by Gasteiger charge is 2.35. The van der Waals surface area contributed by atoms with Gasteiger partial charge in [-0.25, -0.2) is 4.99 Å². The number of amides is 2. The Bertz CT molecular complexity index is 889. The predicted molar refractivity (Wildman–Crippen MR) is 120 cm³/mol. The summed E-state index contributed by atoms with van der Waals surface area (Å²) in [6.45, 7) is 2.38. The summed E-state index contributed by atoms with van der Waals surface area (Å²) in [7, 11) is 0. The van der Waals surface area contributed by atoms with Gasteiger partial charge in [0.1, 0.15) is 5.25 Å². The van der Waals surface area contributed by atoms with Crippen LogP contribution in [-0.2, 0) is 9.59 Å². The molecule has 1 aliphatic rings. The Morgan fingerprint density at radius 3 is 2.74 bits per heavy atom. The van der Waals surface area contributed by atoms with Crippen LogP contribution in [0.5, 0.6) is 0 Å². The highest BCUT2D eigenvalue weighted by atomic mass is 127. The maximum atomic E-state index is 12.7. The van der Waals surface area contributed by atoms with E-state index in [-0.39, 0.29) is 18.2 Å². The fourth-order valence-corrected chi connectivity index (χ4v) is 4.27. The van der Waals surface area contributed by atoms with E-state index in [1.165, 1.54) is 11.8 Å². The van der Waals surface area contributed by atoms with Crippen LogP contribution in [0.3, 0.4) is 0 Å². The fraction of sp³-hybridized carbons (Fsp3) is 0.211. The van der Waals surface area contributed by atoms with E-state index in [0.717, 1.165) is 3.57 Å². The minimum absolute atomic E-state index is 0.111. The fourth-order valence-electron chi connectivity index (χ4n) is 2.56. The lowest BCUT2D eigenvalue weighted by Crippen LogP contribution is -2.45. The molecule has 1 aliphatic heterocycles. The summed E-state index contributed by atoms with van der Waals surface area (Å²) < 4.78 is 1.09. The van der Waals surface area contributed by atoms with Crippen molar-refractivity contribution in [3.8, 4) is 0 Å². The molecule has 27 heavy (non-hydrogen) atoms. The molecule has 0 aromatic heterocycles. The van der Waals surface area contributed by atoms with E-state index in [9.17, 15) is 9.59 Å². The van der Waals surface area contributed by atoms with Gasteiger partial charge in [0, 0.05) is 27.2 Å². The van der Waals surface area contributed by atoms with Crippen LogP contribution in [0.2, 0.25) is 5.02 Å². The number of rotatable bonds is 4. The predicted octanol–water partition coefficient (Wildman–Crippen LogP) is 4.92. The first-order chi connectivity index (χ1) is 13.0. The highest BCUT2D eigenvalue weighted by molar-refractivity contribution is 14.1. The molecular weight excluding hydrogens is 497 g/mol. The van der Waals surface area contributed by atoms with E-state index in [1.807, 2.05) is 37.3 Å². The Labute approximate surface area is 180 Å². The molecule has 2 amide bonds. The van der Waals surface area contributed by atoms with E-state index in [2.05, 4.69) is 32.9 Å². The summed E-state index contributed by atoms with van der Waals surface area (Å²) in [4.78, 5) is 31.3. The molecule has 2 aromatic rings. The number of nitrogens with zero attached hydrogens (tertiary/aromatic N) is 2. The first-order valence-corrected chi connectivity index (χ1v) is 10.7. The van der Waals surface area contributed by atoms with Crippen molar-refractivity contribution in [2.45, 2.75) is 18.6 Å². The first-order valence-electron chi connectivity index (χ1n) is 8.34. The molecule has 1 heterocycles. The topological polar surface area (TPSA) is 61.8 Å². The van der Waals surface area contributed by atoms with E-state index in [0.29, 0.717) is 28.1 Å². The molecule has 1 saturated heterocycles. The Morgan fingerprint density at radius 2 is 2.07 bits per heavy atom. The smallest absolute Gasteiger partial charge is 0.238 e. The number of nitrogens with one attached hydrogen (secondary N) is 1. The molecule has 0 aliphatic carbocycles. The molecule has 1 atom stereocenters. The van der Waals surface area contributed by atoms with Crippen LogP contribution in [0.1, 0.15) is 13.3 Å². The number of carbonyl (C=O) groups excluding carboxylic acids is 2. The van der Waals surface area contributed by atoms with Crippen LogP contribution in [0, 0.1) is 3.57 Å². The third-order valence-corrected chi connectivity index (χ3v) is 6.04. The van der Waals surface area contributed by atoms with Crippen molar-refractivity contribution < 1.29 is 9.59 Å². The number of hydrogen-bond donors (Lipinski definition) is 1. The van der Waals surface area contributed by atoms with Gasteiger partial charge >= 0.3 is 0 Å². The summed E-state index contributed by atoms with van der Waals surface area (Å²) in [5, 5.41) is 3.43. The number of carbonyl (C=O) groups is 2. The van der Waals surface area contributed by atoms with Crippen LogP contribution in [-0.4, -0.2) is 33.7 Å². The molecule has 0 radical (unpaired) electrons. The van der Waals surface area contributed by atoms with Crippen molar-refractivity contribution in [2.75, 3.05) is 11.9 Å². The number of halogens is 2.